The number of piperidine rings is 1. The minimum atomic E-state index is -0.334. The minimum Gasteiger partial charge on any atom is -0.338 e. The highest BCUT2D eigenvalue weighted by atomic mass is 19.1. The Morgan fingerprint density at radius 2 is 2.17 bits per heavy atom. The fourth-order valence-corrected chi connectivity index (χ4v) is 2.90. The molecule has 1 fully saturated rings. The molecule has 23 heavy (non-hydrogen) atoms. The SMILES string of the molecule is NCc1nc(CN2CCCC(C(=O)c3ccc(F)cc3)C2)no1. The molecule has 6 nitrogen and oxygen atoms in total. The van der Waals surface area contributed by atoms with Crippen molar-refractivity contribution >= 4 is 5.78 Å². The molecule has 1 saturated heterocycles. The van der Waals surface area contributed by atoms with E-state index >= 15 is 0 Å². The van der Waals surface area contributed by atoms with Crippen LogP contribution in [0.3, 0.4) is 0 Å². The molecular weight excluding hydrogens is 299 g/mol. The first-order valence-corrected chi connectivity index (χ1v) is 7.69. The Labute approximate surface area is 133 Å². The van der Waals surface area contributed by atoms with Gasteiger partial charge in [0.1, 0.15) is 5.82 Å². The Balaban J connectivity index is 1.63. The van der Waals surface area contributed by atoms with E-state index < -0.39 is 0 Å². The number of nitrogens with zero attached hydrogens (tertiary/aromatic N) is 3. The Bertz CT molecular complexity index is 671. The van der Waals surface area contributed by atoms with Crippen molar-refractivity contribution in [1.82, 2.24) is 15.0 Å². The van der Waals surface area contributed by atoms with Crippen LogP contribution in [0, 0.1) is 11.7 Å². The average Bonchev–Trinajstić information content (AvgIpc) is 3.03. The molecule has 2 heterocycles. The first kappa shape index (κ1) is 15.8. The van der Waals surface area contributed by atoms with E-state index in [-0.39, 0.29) is 24.1 Å². The number of Topliss-reactive ketones (excluding diaryl/α,β-unsaturated/α-hetero) is 1. The molecule has 7 heteroatoms. The summed E-state index contributed by atoms with van der Waals surface area (Å²) in [4.78, 5) is 18.9. The van der Waals surface area contributed by atoms with Gasteiger partial charge in [-0.1, -0.05) is 5.16 Å². The van der Waals surface area contributed by atoms with Crippen LogP contribution in [0.1, 0.15) is 34.9 Å². The summed E-state index contributed by atoms with van der Waals surface area (Å²) >= 11 is 0. The van der Waals surface area contributed by atoms with Crippen molar-refractivity contribution in [3.05, 3.63) is 47.4 Å². The van der Waals surface area contributed by atoms with E-state index in [0.29, 0.717) is 30.4 Å². The number of hydrogen-bond donors (Lipinski definition) is 1. The lowest BCUT2D eigenvalue weighted by molar-refractivity contribution is 0.0807. The van der Waals surface area contributed by atoms with Gasteiger partial charge in [-0.3, -0.25) is 9.69 Å². The van der Waals surface area contributed by atoms with Crippen LogP contribution in [-0.4, -0.2) is 33.9 Å². The average molecular weight is 318 g/mol. The molecule has 0 aliphatic carbocycles. The number of aromatic nitrogens is 2. The molecule has 1 aromatic heterocycles. The highest BCUT2D eigenvalue weighted by Crippen LogP contribution is 2.22. The van der Waals surface area contributed by atoms with Crippen molar-refractivity contribution in [3.8, 4) is 0 Å². The Hall–Kier alpha value is -2.12. The monoisotopic (exact) mass is 318 g/mol. The molecule has 0 amide bonds. The van der Waals surface area contributed by atoms with Crippen LogP contribution in [0.5, 0.6) is 0 Å². The molecular formula is C16H19FN4O2. The summed E-state index contributed by atoms with van der Waals surface area (Å²) in [6.45, 7) is 2.29. The second-order valence-electron chi connectivity index (χ2n) is 5.75. The molecule has 1 aromatic carbocycles. The maximum atomic E-state index is 13.0. The Kier molecular flexibility index (Phi) is 4.78. The lowest BCUT2D eigenvalue weighted by Gasteiger charge is -2.31. The topological polar surface area (TPSA) is 85.2 Å². The first-order chi connectivity index (χ1) is 11.2. The van der Waals surface area contributed by atoms with Gasteiger partial charge in [-0.15, -0.1) is 0 Å². The lowest BCUT2D eigenvalue weighted by Crippen LogP contribution is -2.38. The number of rotatable bonds is 5. The number of carbonyl (C=O) groups is 1. The second kappa shape index (κ2) is 6.97. The summed E-state index contributed by atoms with van der Waals surface area (Å²) in [6.07, 6.45) is 1.77. The third kappa shape index (κ3) is 3.80. The number of benzene rings is 1. The zero-order chi connectivity index (χ0) is 16.2. The molecule has 0 saturated carbocycles. The van der Waals surface area contributed by atoms with Crippen LogP contribution in [-0.2, 0) is 13.1 Å². The lowest BCUT2D eigenvalue weighted by atomic mass is 9.90. The van der Waals surface area contributed by atoms with Gasteiger partial charge in [0.15, 0.2) is 11.6 Å². The second-order valence-corrected chi connectivity index (χ2v) is 5.75. The fraction of sp³-hybridized carbons (Fsp3) is 0.438. The molecule has 0 radical (unpaired) electrons. The Morgan fingerprint density at radius 3 is 2.87 bits per heavy atom. The van der Waals surface area contributed by atoms with Gasteiger partial charge < -0.3 is 10.3 Å². The predicted molar refractivity (Wildman–Crippen MR) is 80.9 cm³/mol. The van der Waals surface area contributed by atoms with Gasteiger partial charge in [-0.05, 0) is 43.7 Å². The molecule has 1 aliphatic rings. The number of nitrogens with two attached hydrogens (primary N) is 1. The van der Waals surface area contributed by atoms with Gasteiger partial charge in [0, 0.05) is 18.0 Å². The van der Waals surface area contributed by atoms with Crippen LogP contribution in [0.2, 0.25) is 0 Å². The number of halogens is 1. The van der Waals surface area contributed by atoms with E-state index in [1.807, 2.05) is 0 Å². The normalized spacial score (nSPS) is 19.0. The molecule has 1 unspecified atom stereocenters. The highest BCUT2D eigenvalue weighted by molar-refractivity contribution is 5.98. The maximum absolute atomic E-state index is 13.0. The van der Waals surface area contributed by atoms with Gasteiger partial charge >= 0.3 is 0 Å². The number of hydrogen-bond acceptors (Lipinski definition) is 6. The van der Waals surface area contributed by atoms with Gasteiger partial charge in [-0.2, -0.15) is 4.98 Å². The van der Waals surface area contributed by atoms with E-state index in [1.54, 1.807) is 12.1 Å². The molecule has 1 aliphatic heterocycles. The molecule has 122 valence electrons. The van der Waals surface area contributed by atoms with Crippen LogP contribution < -0.4 is 5.73 Å². The molecule has 2 N–H and O–H groups in total. The van der Waals surface area contributed by atoms with Gasteiger partial charge in [0.2, 0.25) is 5.89 Å². The van der Waals surface area contributed by atoms with E-state index in [0.717, 1.165) is 19.4 Å². The van der Waals surface area contributed by atoms with Crippen molar-refractivity contribution in [2.24, 2.45) is 11.7 Å². The number of likely N-dealkylation sites (tertiary alicyclic amines) is 1. The van der Waals surface area contributed by atoms with Crippen molar-refractivity contribution in [3.63, 3.8) is 0 Å². The Morgan fingerprint density at radius 1 is 1.39 bits per heavy atom. The molecule has 3 rings (SSSR count). The standard InChI is InChI=1S/C16H19FN4O2/c17-13-5-3-11(4-6-13)16(22)12-2-1-7-21(9-12)10-14-19-15(8-18)23-20-14/h3-6,12H,1-2,7-10,18H2. The van der Waals surface area contributed by atoms with E-state index in [9.17, 15) is 9.18 Å². The zero-order valence-corrected chi connectivity index (χ0v) is 12.7. The third-order valence-electron chi connectivity index (χ3n) is 4.05. The predicted octanol–water partition coefficient (Wildman–Crippen LogP) is 1.76. The largest absolute Gasteiger partial charge is 0.338 e. The minimum absolute atomic E-state index is 0.0606. The quantitative estimate of drug-likeness (QED) is 0.846. The summed E-state index contributed by atoms with van der Waals surface area (Å²) in [7, 11) is 0. The fourth-order valence-electron chi connectivity index (χ4n) is 2.90. The zero-order valence-electron chi connectivity index (χ0n) is 12.7. The number of carbonyl (C=O) groups excluding carboxylic acids is 1. The van der Waals surface area contributed by atoms with Crippen molar-refractivity contribution in [2.75, 3.05) is 13.1 Å². The van der Waals surface area contributed by atoms with Crippen LogP contribution >= 0.6 is 0 Å². The molecule has 0 bridgehead atoms. The summed E-state index contributed by atoms with van der Waals surface area (Å²) < 4.78 is 18.0. The third-order valence-corrected chi connectivity index (χ3v) is 4.05. The molecule has 1 atom stereocenters. The van der Waals surface area contributed by atoms with Crippen molar-refractivity contribution < 1.29 is 13.7 Å². The van der Waals surface area contributed by atoms with Crippen LogP contribution in [0.25, 0.3) is 0 Å². The van der Waals surface area contributed by atoms with Gasteiger partial charge in [-0.25, -0.2) is 4.39 Å². The molecule has 2 aromatic rings. The van der Waals surface area contributed by atoms with E-state index in [2.05, 4.69) is 15.0 Å². The van der Waals surface area contributed by atoms with Crippen LogP contribution in [0.4, 0.5) is 4.39 Å². The first-order valence-electron chi connectivity index (χ1n) is 7.69. The summed E-state index contributed by atoms with van der Waals surface area (Å²) in [5, 5.41) is 3.88. The summed E-state index contributed by atoms with van der Waals surface area (Å²) in [5.74, 6) is 0.636. The number of ketones is 1. The van der Waals surface area contributed by atoms with Crippen molar-refractivity contribution in [1.29, 1.82) is 0 Å². The van der Waals surface area contributed by atoms with Gasteiger partial charge in [0.25, 0.3) is 0 Å². The molecule has 0 spiro atoms. The smallest absolute Gasteiger partial charge is 0.240 e. The summed E-state index contributed by atoms with van der Waals surface area (Å²) in [5.41, 5.74) is 6.01. The van der Waals surface area contributed by atoms with Gasteiger partial charge in [0.05, 0.1) is 13.1 Å². The highest BCUT2D eigenvalue weighted by Gasteiger charge is 2.27. The summed E-state index contributed by atoms with van der Waals surface area (Å²) in [6, 6.07) is 5.73. The van der Waals surface area contributed by atoms with Crippen LogP contribution in [0.15, 0.2) is 28.8 Å². The van der Waals surface area contributed by atoms with E-state index in [4.69, 9.17) is 10.3 Å². The van der Waals surface area contributed by atoms with E-state index in [1.165, 1.54) is 12.1 Å². The van der Waals surface area contributed by atoms with Crippen molar-refractivity contribution in [2.45, 2.75) is 25.9 Å². The maximum Gasteiger partial charge on any atom is 0.240 e.